The van der Waals surface area contributed by atoms with Crippen molar-refractivity contribution in [2.24, 2.45) is 0 Å². The molecule has 0 atom stereocenters. The highest BCUT2D eigenvalue weighted by atomic mass is 16.4. The number of carbonyl (C=O) groups is 3. The normalized spacial score (nSPS) is 12.7. The zero-order chi connectivity index (χ0) is 19.9. The first-order valence-electron chi connectivity index (χ1n) is 8.00. The van der Waals surface area contributed by atoms with Crippen LogP contribution in [0.5, 0.6) is 0 Å². The lowest BCUT2D eigenvalue weighted by Crippen LogP contribution is -2.26. The largest absolute Gasteiger partial charge is 0.478 e. The van der Waals surface area contributed by atoms with E-state index in [0.29, 0.717) is 0 Å². The third-order valence-electron chi connectivity index (χ3n) is 4.70. The Kier molecular flexibility index (Phi) is 4.90. The maximum Gasteiger partial charge on any atom is 0.336 e. The lowest BCUT2D eigenvalue weighted by molar-refractivity contribution is 0.0692. The van der Waals surface area contributed by atoms with Crippen LogP contribution in [0.3, 0.4) is 0 Å². The van der Waals surface area contributed by atoms with Crippen LogP contribution in [0.2, 0.25) is 0 Å². The van der Waals surface area contributed by atoms with Crippen LogP contribution in [0.15, 0.2) is 18.2 Å². The fourth-order valence-electron chi connectivity index (χ4n) is 3.42. The van der Waals surface area contributed by atoms with Crippen LogP contribution in [0, 0.1) is 0 Å². The summed E-state index contributed by atoms with van der Waals surface area (Å²) in [7, 11) is 0. The van der Waals surface area contributed by atoms with Crippen molar-refractivity contribution in [2.45, 2.75) is 26.4 Å². The minimum atomic E-state index is -1.36. The fraction of sp³-hybridized carbons (Fsp3) is 0.211. The van der Waals surface area contributed by atoms with Gasteiger partial charge in [-0.3, -0.25) is 9.59 Å². The molecule has 8 nitrogen and oxygen atoms in total. The summed E-state index contributed by atoms with van der Waals surface area (Å²) in [6.07, 6.45) is 0. The molecule has 27 heavy (non-hydrogen) atoms. The Hall–Kier alpha value is -2.91. The van der Waals surface area contributed by atoms with Crippen molar-refractivity contribution in [1.82, 2.24) is 0 Å². The number of rotatable bonds is 5. The molecule has 0 radical (unpaired) electrons. The molecule has 2 aromatic rings. The first-order valence-corrected chi connectivity index (χ1v) is 8.00. The molecule has 1 aliphatic rings. The SMILES string of the molecule is O=C(O)c1cc2c(cc1CO)C(=O)c1c(CO)c(CO)cc(CO)c1C2=O. The van der Waals surface area contributed by atoms with Gasteiger partial charge in [0.1, 0.15) is 0 Å². The van der Waals surface area contributed by atoms with Gasteiger partial charge in [0.15, 0.2) is 11.6 Å². The second-order valence-electron chi connectivity index (χ2n) is 6.07. The van der Waals surface area contributed by atoms with Crippen molar-refractivity contribution in [2.75, 3.05) is 0 Å². The average Bonchev–Trinajstić information content (AvgIpc) is 2.68. The molecule has 8 heteroatoms. The lowest BCUT2D eigenvalue weighted by atomic mass is 9.77. The van der Waals surface area contributed by atoms with E-state index in [2.05, 4.69) is 0 Å². The summed E-state index contributed by atoms with van der Waals surface area (Å²) in [6.45, 7) is -2.35. The van der Waals surface area contributed by atoms with E-state index in [1.807, 2.05) is 0 Å². The number of aromatic carboxylic acids is 1. The standard InChI is InChI=1S/C19H16O8/c20-4-8-1-10(6-22)15-16(14(8)7-23)18(25)12-2-9(5-21)11(19(26)27)3-13(12)17(15)24/h1-3,20-23H,4-7H2,(H,26,27). The van der Waals surface area contributed by atoms with E-state index in [4.69, 9.17) is 0 Å². The van der Waals surface area contributed by atoms with E-state index in [1.54, 1.807) is 0 Å². The topological polar surface area (TPSA) is 152 Å². The number of carbonyl (C=O) groups excluding carboxylic acids is 2. The van der Waals surface area contributed by atoms with Crippen LogP contribution in [-0.4, -0.2) is 43.1 Å². The molecular weight excluding hydrogens is 356 g/mol. The smallest absolute Gasteiger partial charge is 0.336 e. The Bertz CT molecular complexity index is 990. The quantitative estimate of drug-likeness (QED) is 0.424. The highest BCUT2D eigenvalue weighted by molar-refractivity contribution is 6.30. The van der Waals surface area contributed by atoms with Crippen molar-refractivity contribution in [3.8, 4) is 0 Å². The molecule has 0 aliphatic heterocycles. The van der Waals surface area contributed by atoms with Gasteiger partial charge in [-0.1, -0.05) is 6.07 Å². The number of ketones is 2. The fourth-order valence-corrected chi connectivity index (χ4v) is 3.42. The molecule has 0 fully saturated rings. The molecular formula is C19H16O8. The number of aliphatic hydroxyl groups is 4. The maximum absolute atomic E-state index is 13.1. The first-order chi connectivity index (χ1) is 12.9. The monoisotopic (exact) mass is 372 g/mol. The van der Waals surface area contributed by atoms with Crippen molar-refractivity contribution < 1.29 is 39.9 Å². The van der Waals surface area contributed by atoms with Crippen LogP contribution >= 0.6 is 0 Å². The second-order valence-corrected chi connectivity index (χ2v) is 6.07. The molecule has 0 bridgehead atoms. The number of carboxylic acids is 1. The molecule has 2 aromatic carbocycles. The number of aliphatic hydroxyl groups excluding tert-OH is 4. The Morgan fingerprint density at radius 1 is 0.704 bits per heavy atom. The second kappa shape index (κ2) is 7.01. The van der Waals surface area contributed by atoms with E-state index in [1.165, 1.54) is 6.07 Å². The summed E-state index contributed by atoms with van der Waals surface area (Å²) in [6, 6.07) is 3.51. The third-order valence-corrected chi connectivity index (χ3v) is 4.70. The first kappa shape index (κ1) is 18.9. The van der Waals surface area contributed by atoms with Crippen LogP contribution < -0.4 is 0 Å². The molecule has 3 rings (SSSR count). The maximum atomic E-state index is 13.1. The summed E-state index contributed by atoms with van der Waals surface area (Å²) in [5.41, 5.74) is -0.471. The molecule has 0 spiro atoms. The van der Waals surface area contributed by atoms with Crippen molar-refractivity contribution in [3.63, 3.8) is 0 Å². The minimum absolute atomic E-state index is 0.0305. The summed E-state index contributed by atoms with van der Waals surface area (Å²) >= 11 is 0. The highest BCUT2D eigenvalue weighted by Gasteiger charge is 2.36. The van der Waals surface area contributed by atoms with E-state index in [-0.39, 0.29) is 50.1 Å². The summed E-state index contributed by atoms with van der Waals surface area (Å²) in [4.78, 5) is 37.5. The molecule has 0 amide bonds. The van der Waals surface area contributed by atoms with E-state index in [9.17, 15) is 39.9 Å². The van der Waals surface area contributed by atoms with Crippen LogP contribution in [0.4, 0.5) is 0 Å². The van der Waals surface area contributed by atoms with Crippen molar-refractivity contribution >= 4 is 17.5 Å². The van der Waals surface area contributed by atoms with E-state index < -0.39 is 44.0 Å². The van der Waals surface area contributed by atoms with Crippen LogP contribution in [-0.2, 0) is 26.4 Å². The van der Waals surface area contributed by atoms with E-state index in [0.717, 1.165) is 12.1 Å². The summed E-state index contributed by atoms with van der Waals surface area (Å²) < 4.78 is 0. The van der Waals surface area contributed by atoms with Crippen LogP contribution in [0.1, 0.15) is 64.5 Å². The average molecular weight is 372 g/mol. The minimum Gasteiger partial charge on any atom is -0.478 e. The third kappa shape index (κ3) is 2.75. The van der Waals surface area contributed by atoms with Gasteiger partial charge in [-0.05, 0) is 34.4 Å². The van der Waals surface area contributed by atoms with Gasteiger partial charge in [0.05, 0.1) is 32.0 Å². The molecule has 0 unspecified atom stereocenters. The van der Waals surface area contributed by atoms with Crippen LogP contribution in [0.25, 0.3) is 0 Å². The van der Waals surface area contributed by atoms with Crippen molar-refractivity contribution in [3.05, 3.63) is 68.3 Å². The molecule has 0 saturated heterocycles. The summed E-state index contributed by atoms with van der Waals surface area (Å²) in [5.74, 6) is -2.68. The Balaban J connectivity index is 2.39. The molecule has 140 valence electrons. The number of benzene rings is 2. The Morgan fingerprint density at radius 3 is 1.78 bits per heavy atom. The highest BCUT2D eigenvalue weighted by Crippen LogP contribution is 2.35. The van der Waals surface area contributed by atoms with Gasteiger partial charge in [-0.2, -0.15) is 0 Å². The Morgan fingerprint density at radius 2 is 1.26 bits per heavy atom. The van der Waals surface area contributed by atoms with E-state index >= 15 is 0 Å². The number of carboxylic acid groups (broad SMARTS) is 1. The van der Waals surface area contributed by atoms with Gasteiger partial charge in [-0.25, -0.2) is 4.79 Å². The zero-order valence-electron chi connectivity index (χ0n) is 14.0. The molecule has 0 saturated carbocycles. The Labute approximate surface area is 152 Å². The number of hydrogen-bond donors (Lipinski definition) is 5. The zero-order valence-corrected chi connectivity index (χ0v) is 14.0. The lowest BCUT2D eigenvalue weighted by Gasteiger charge is -2.24. The number of fused-ring (bicyclic) bond motifs is 2. The molecule has 0 aromatic heterocycles. The predicted octanol–water partition coefficient (Wildman–Crippen LogP) is 0.129. The molecule has 5 N–H and O–H groups in total. The predicted molar refractivity (Wildman–Crippen MR) is 90.4 cm³/mol. The summed E-state index contributed by atoms with van der Waals surface area (Å²) in [5, 5.41) is 47.5. The number of hydrogen-bond acceptors (Lipinski definition) is 7. The van der Waals surface area contributed by atoms with Gasteiger partial charge >= 0.3 is 5.97 Å². The van der Waals surface area contributed by atoms with Crippen molar-refractivity contribution in [1.29, 1.82) is 0 Å². The molecule has 0 heterocycles. The van der Waals surface area contributed by atoms with Gasteiger partial charge in [0.25, 0.3) is 0 Å². The van der Waals surface area contributed by atoms with Gasteiger partial charge < -0.3 is 25.5 Å². The molecule has 1 aliphatic carbocycles. The van der Waals surface area contributed by atoms with Gasteiger partial charge in [0, 0.05) is 22.3 Å². The van der Waals surface area contributed by atoms with Gasteiger partial charge in [-0.15, -0.1) is 0 Å². The van der Waals surface area contributed by atoms with Gasteiger partial charge in [0.2, 0.25) is 0 Å².